The van der Waals surface area contributed by atoms with Gasteiger partial charge in [-0.1, -0.05) is 12.1 Å². The van der Waals surface area contributed by atoms with Crippen molar-refractivity contribution in [3.05, 3.63) is 30.1 Å². The summed E-state index contributed by atoms with van der Waals surface area (Å²) in [6, 6.07) is 7.90. The van der Waals surface area contributed by atoms with Crippen molar-refractivity contribution in [3.63, 3.8) is 0 Å². The molecule has 0 aliphatic carbocycles. The molecule has 2 heterocycles. The molecule has 1 fully saturated rings. The summed E-state index contributed by atoms with van der Waals surface area (Å²) in [5.74, 6) is 1.79. The molecule has 1 amide bonds. The molecule has 0 radical (unpaired) electrons. The van der Waals surface area contributed by atoms with Crippen LogP contribution in [0.2, 0.25) is 0 Å². The lowest BCUT2D eigenvalue weighted by molar-refractivity contribution is -0.133. The van der Waals surface area contributed by atoms with E-state index in [1.807, 2.05) is 40.0 Å². The summed E-state index contributed by atoms with van der Waals surface area (Å²) >= 11 is 1.70. The van der Waals surface area contributed by atoms with E-state index in [4.69, 9.17) is 0 Å². The first-order chi connectivity index (χ1) is 10.7. The van der Waals surface area contributed by atoms with Gasteiger partial charge in [-0.05, 0) is 31.2 Å². The summed E-state index contributed by atoms with van der Waals surface area (Å²) in [6.45, 7) is 1.09. The molecule has 0 spiro atoms. The first-order valence-electron chi connectivity index (χ1n) is 7.58. The lowest BCUT2D eigenvalue weighted by Gasteiger charge is -2.23. The molecular formula is C16H21N3O2S. The molecule has 0 bridgehead atoms. The Bertz CT molecular complexity index is 670. The van der Waals surface area contributed by atoms with Crippen LogP contribution in [-0.4, -0.2) is 50.9 Å². The number of hydrogen-bond acceptors (Lipinski definition) is 4. The summed E-state index contributed by atoms with van der Waals surface area (Å²) in [6.07, 6.45) is 3.90. The maximum atomic E-state index is 12.6. The number of imidazole rings is 1. The minimum absolute atomic E-state index is 0.0220. The van der Waals surface area contributed by atoms with Crippen molar-refractivity contribution < 1.29 is 9.90 Å². The molecule has 5 nitrogen and oxygen atoms in total. The van der Waals surface area contributed by atoms with Gasteiger partial charge in [-0.3, -0.25) is 4.79 Å². The number of rotatable bonds is 5. The standard InChI is InChI=1S/C16H21N3O2S/c1-22-11-15-17-13-6-2-3-7-14(13)19(15)9-16(21)18-8-4-5-12(18)10-20/h2-3,6-7,12,20H,4-5,8-11H2,1H3/t12-/m1/s1. The highest BCUT2D eigenvalue weighted by Crippen LogP contribution is 2.21. The molecule has 3 rings (SSSR count). The van der Waals surface area contributed by atoms with Crippen molar-refractivity contribution in [2.75, 3.05) is 19.4 Å². The fourth-order valence-electron chi connectivity index (χ4n) is 3.12. The first kappa shape index (κ1) is 15.4. The van der Waals surface area contributed by atoms with Crippen LogP contribution < -0.4 is 0 Å². The van der Waals surface area contributed by atoms with Crippen LogP contribution in [-0.2, 0) is 17.1 Å². The van der Waals surface area contributed by atoms with Gasteiger partial charge in [0.05, 0.1) is 29.4 Å². The van der Waals surface area contributed by atoms with E-state index in [0.717, 1.165) is 42.0 Å². The predicted molar refractivity (Wildman–Crippen MR) is 88.8 cm³/mol. The Balaban J connectivity index is 1.89. The molecule has 1 aliphatic rings. The van der Waals surface area contributed by atoms with E-state index < -0.39 is 0 Å². The molecule has 1 aliphatic heterocycles. The Morgan fingerprint density at radius 3 is 3.05 bits per heavy atom. The maximum Gasteiger partial charge on any atom is 0.242 e. The van der Waals surface area contributed by atoms with E-state index in [-0.39, 0.29) is 18.6 Å². The Hall–Kier alpha value is -1.53. The Kier molecular flexibility index (Phi) is 4.69. The van der Waals surface area contributed by atoms with Crippen LogP contribution >= 0.6 is 11.8 Å². The largest absolute Gasteiger partial charge is 0.394 e. The predicted octanol–water partition coefficient (Wildman–Crippen LogP) is 1.88. The summed E-state index contributed by atoms with van der Waals surface area (Å²) in [7, 11) is 0. The average molecular weight is 319 g/mol. The third kappa shape index (κ3) is 2.85. The summed E-state index contributed by atoms with van der Waals surface area (Å²) in [5, 5.41) is 9.41. The van der Waals surface area contributed by atoms with E-state index in [0.29, 0.717) is 6.54 Å². The Morgan fingerprint density at radius 1 is 1.45 bits per heavy atom. The Morgan fingerprint density at radius 2 is 2.27 bits per heavy atom. The van der Waals surface area contributed by atoms with Gasteiger partial charge in [-0.25, -0.2) is 4.98 Å². The number of carbonyl (C=O) groups excluding carboxylic acids is 1. The second-order valence-corrected chi connectivity index (χ2v) is 6.47. The maximum absolute atomic E-state index is 12.6. The van der Waals surface area contributed by atoms with E-state index in [9.17, 15) is 9.90 Å². The van der Waals surface area contributed by atoms with Crippen molar-refractivity contribution in [3.8, 4) is 0 Å². The van der Waals surface area contributed by atoms with Crippen LogP contribution in [0.3, 0.4) is 0 Å². The highest BCUT2D eigenvalue weighted by atomic mass is 32.2. The van der Waals surface area contributed by atoms with Gasteiger partial charge in [-0.2, -0.15) is 11.8 Å². The van der Waals surface area contributed by atoms with E-state index >= 15 is 0 Å². The van der Waals surface area contributed by atoms with Gasteiger partial charge in [0.2, 0.25) is 5.91 Å². The first-order valence-corrected chi connectivity index (χ1v) is 8.97. The minimum atomic E-state index is -0.0220. The van der Waals surface area contributed by atoms with E-state index in [1.165, 1.54) is 0 Å². The van der Waals surface area contributed by atoms with Gasteiger partial charge >= 0.3 is 0 Å². The van der Waals surface area contributed by atoms with Gasteiger partial charge in [-0.15, -0.1) is 0 Å². The van der Waals surface area contributed by atoms with Crippen molar-refractivity contribution >= 4 is 28.7 Å². The third-order valence-corrected chi connectivity index (χ3v) is 4.76. The van der Waals surface area contributed by atoms with Crippen molar-refractivity contribution in [2.45, 2.75) is 31.2 Å². The summed E-state index contributed by atoms with van der Waals surface area (Å²) in [5.41, 5.74) is 1.93. The number of nitrogens with zero attached hydrogens (tertiary/aromatic N) is 3. The third-order valence-electron chi connectivity index (χ3n) is 4.21. The molecule has 1 N–H and O–H groups in total. The normalized spacial score (nSPS) is 18.3. The van der Waals surface area contributed by atoms with Crippen LogP contribution in [0.5, 0.6) is 0 Å². The number of likely N-dealkylation sites (tertiary alicyclic amines) is 1. The summed E-state index contributed by atoms with van der Waals surface area (Å²) < 4.78 is 2.01. The number of aliphatic hydroxyl groups excluding tert-OH is 1. The van der Waals surface area contributed by atoms with E-state index in [2.05, 4.69) is 4.98 Å². The SMILES string of the molecule is CSCc1nc2ccccc2n1CC(=O)N1CCC[C@@H]1CO. The molecule has 1 aromatic carbocycles. The number of fused-ring (bicyclic) bond motifs is 1. The zero-order chi connectivity index (χ0) is 15.5. The van der Waals surface area contributed by atoms with Gasteiger partial charge < -0.3 is 14.6 Å². The number of amides is 1. The molecule has 1 saturated heterocycles. The van der Waals surface area contributed by atoms with Gasteiger partial charge in [0.25, 0.3) is 0 Å². The second kappa shape index (κ2) is 6.71. The topological polar surface area (TPSA) is 58.4 Å². The molecule has 0 saturated carbocycles. The number of thioether (sulfide) groups is 1. The van der Waals surface area contributed by atoms with Crippen LogP contribution in [0.1, 0.15) is 18.7 Å². The van der Waals surface area contributed by atoms with Crippen molar-refractivity contribution in [1.82, 2.24) is 14.5 Å². The molecule has 1 atom stereocenters. The lowest BCUT2D eigenvalue weighted by Crippen LogP contribution is -2.39. The Labute approximate surface area is 134 Å². The second-order valence-electron chi connectivity index (χ2n) is 5.60. The monoisotopic (exact) mass is 319 g/mol. The zero-order valence-electron chi connectivity index (χ0n) is 12.7. The fraction of sp³-hybridized carbons (Fsp3) is 0.500. The van der Waals surface area contributed by atoms with Crippen molar-refractivity contribution in [2.24, 2.45) is 0 Å². The fourth-order valence-corrected chi connectivity index (χ4v) is 3.60. The lowest BCUT2D eigenvalue weighted by atomic mass is 10.2. The number of aromatic nitrogens is 2. The number of hydrogen-bond donors (Lipinski definition) is 1. The smallest absolute Gasteiger partial charge is 0.242 e. The highest BCUT2D eigenvalue weighted by Gasteiger charge is 2.28. The van der Waals surface area contributed by atoms with E-state index in [1.54, 1.807) is 11.8 Å². The number of aliphatic hydroxyl groups is 1. The molecule has 1 aromatic heterocycles. The minimum Gasteiger partial charge on any atom is -0.394 e. The van der Waals surface area contributed by atoms with Crippen LogP contribution in [0, 0.1) is 0 Å². The molecular weight excluding hydrogens is 298 g/mol. The number of benzene rings is 1. The number of carbonyl (C=O) groups is 1. The quantitative estimate of drug-likeness (QED) is 0.914. The van der Waals surface area contributed by atoms with Crippen molar-refractivity contribution in [1.29, 1.82) is 0 Å². The molecule has 6 heteroatoms. The highest BCUT2D eigenvalue weighted by molar-refractivity contribution is 7.97. The van der Waals surface area contributed by atoms with Gasteiger partial charge in [0, 0.05) is 6.54 Å². The zero-order valence-corrected chi connectivity index (χ0v) is 13.6. The van der Waals surface area contributed by atoms with Gasteiger partial charge in [0.15, 0.2) is 0 Å². The van der Waals surface area contributed by atoms with Crippen LogP contribution in [0.15, 0.2) is 24.3 Å². The van der Waals surface area contributed by atoms with Crippen LogP contribution in [0.25, 0.3) is 11.0 Å². The molecule has 22 heavy (non-hydrogen) atoms. The molecule has 0 unspecified atom stereocenters. The number of para-hydroxylation sites is 2. The van der Waals surface area contributed by atoms with Crippen LogP contribution in [0.4, 0.5) is 0 Å². The molecule has 2 aromatic rings. The summed E-state index contributed by atoms with van der Waals surface area (Å²) in [4.78, 5) is 19.1. The molecule has 118 valence electrons. The average Bonchev–Trinajstić information content (AvgIpc) is 3.13. The van der Waals surface area contributed by atoms with Gasteiger partial charge in [0.1, 0.15) is 12.4 Å².